The number of imide groups is 1. The molecule has 3 rings (SSSR count). The minimum absolute atomic E-state index is 0.347. The molecule has 4 amide bonds. The van der Waals surface area contributed by atoms with Crippen LogP contribution in [0.25, 0.3) is 0 Å². The average Bonchev–Trinajstić information content (AvgIpc) is 2.85. The summed E-state index contributed by atoms with van der Waals surface area (Å²) in [6.07, 6.45) is 4.01. The summed E-state index contributed by atoms with van der Waals surface area (Å²) in [5.41, 5.74) is -0.245. The van der Waals surface area contributed by atoms with Crippen LogP contribution in [0.5, 0.6) is 0 Å². The predicted octanol–water partition coefficient (Wildman–Crippen LogP) is 2.37. The van der Waals surface area contributed by atoms with E-state index in [-0.39, 0.29) is 5.91 Å². The maximum Gasteiger partial charge on any atom is 0.327 e. The van der Waals surface area contributed by atoms with Gasteiger partial charge in [-0.05, 0) is 59.7 Å². The topological polar surface area (TPSA) is 96.0 Å². The zero-order valence-corrected chi connectivity index (χ0v) is 17.7. The van der Waals surface area contributed by atoms with Gasteiger partial charge in [-0.15, -0.1) is 0 Å². The molecule has 1 saturated carbocycles. The van der Waals surface area contributed by atoms with Crippen molar-refractivity contribution in [3.05, 3.63) is 27.8 Å². The van der Waals surface area contributed by atoms with Crippen LogP contribution in [0.1, 0.15) is 32.1 Å². The van der Waals surface area contributed by atoms with Crippen LogP contribution in [0.2, 0.25) is 0 Å². The molecule has 2 aliphatic rings. The number of likely N-dealkylation sites (N-methyl/N-ethyl adjacent to an activating group) is 1. The van der Waals surface area contributed by atoms with Gasteiger partial charge in [-0.1, -0.05) is 19.3 Å². The van der Waals surface area contributed by atoms with Crippen LogP contribution < -0.4 is 5.32 Å². The zero-order chi connectivity index (χ0) is 20.3. The highest BCUT2D eigenvalue weighted by atomic mass is 127. The van der Waals surface area contributed by atoms with Crippen LogP contribution in [-0.2, 0) is 19.1 Å². The maximum atomic E-state index is 12.8. The standard InChI is InChI=1S/C19H22IN3O5/c1-22-18(27)23(17(26)19(22)9-3-2-4-10-19)11-16(25)28-12-15(24)21-14-7-5-13(20)6-8-14/h5-8H,2-4,9-12H2,1H3,(H,21,24). The SMILES string of the molecule is CN1C(=O)N(CC(=O)OCC(=O)Nc2ccc(I)cc2)C(=O)C12CCCCC2. The van der Waals surface area contributed by atoms with Crippen molar-refractivity contribution in [2.75, 3.05) is 25.5 Å². The molecule has 1 N–H and O–H groups in total. The summed E-state index contributed by atoms with van der Waals surface area (Å²) in [6, 6.07) is 6.66. The third-order valence-corrected chi connectivity index (χ3v) is 5.98. The third-order valence-electron chi connectivity index (χ3n) is 5.26. The second-order valence-corrected chi connectivity index (χ2v) is 8.29. The van der Waals surface area contributed by atoms with Crippen molar-refractivity contribution >= 4 is 52.1 Å². The van der Waals surface area contributed by atoms with Gasteiger partial charge in [-0.2, -0.15) is 0 Å². The van der Waals surface area contributed by atoms with Crippen molar-refractivity contribution in [1.82, 2.24) is 9.80 Å². The van der Waals surface area contributed by atoms with Crippen LogP contribution in [0.4, 0.5) is 10.5 Å². The van der Waals surface area contributed by atoms with Crippen LogP contribution >= 0.6 is 22.6 Å². The molecule has 0 radical (unpaired) electrons. The highest BCUT2D eigenvalue weighted by molar-refractivity contribution is 14.1. The fourth-order valence-electron chi connectivity index (χ4n) is 3.72. The Balaban J connectivity index is 1.53. The van der Waals surface area contributed by atoms with E-state index in [9.17, 15) is 19.2 Å². The molecule has 0 unspecified atom stereocenters. The molecule has 1 aliphatic heterocycles. The van der Waals surface area contributed by atoms with Crippen LogP contribution in [0.15, 0.2) is 24.3 Å². The lowest BCUT2D eigenvalue weighted by Crippen LogP contribution is -2.49. The Morgan fingerprint density at radius 1 is 1.14 bits per heavy atom. The Bertz CT molecular complexity index is 789. The van der Waals surface area contributed by atoms with Crippen molar-refractivity contribution in [1.29, 1.82) is 0 Å². The van der Waals surface area contributed by atoms with Crippen LogP contribution in [0.3, 0.4) is 0 Å². The number of urea groups is 1. The molecular weight excluding hydrogens is 477 g/mol. The molecule has 1 aliphatic carbocycles. The summed E-state index contributed by atoms with van der Waals surface area (Å²) in [4.78, 5) is 51.7. The van der Waals surface area contributed by atoms with Crippen molar-refractivity contribution < 1.29 is 23.9 Å². The number of carbonyl (C=O) groups excluding carboxylic acids is 4. The average molecular weight is 499 g/mol. The van der Waals surface area contributed by atoms with E-state index in [0.29, 0.717) is 18.5 Å². The molecule has 1 aromatic rings. The van der Waals surface area contributed by atoms with Gasteiger partial charge in [0.05, 0.1) is 0 Å². The Hall–Kier alpha value is -2.17. The number of esters is 1. The normalized spacial score (nSPS) is 18.5. The second kappa shape index (κ2) is 8.46. The van der Waals surface area contributed by atoms with E-state index in [1.165, 1.54) is 4.90 Å². The van der Waals surface area contributed by atoms with Gasteiger partial charge in [0.15, 0.2) is 6.61 Å². The Morgan fingerprint density at radius 2 is 1.79 bits per heavy atom. The number of amides is 4. The molecule has 0 bridgehead atoms. The first-order valence-electron chi connectivity index (χ1n) is 9.14. The van der Waals surface area contributed by atoms with Crippen molar-refractivity contribution in [3.63, 3.8) is 0 Å². The number of anilines is 1. The molecule has 8 nitrogen and oxygen atoms in total. The summed E-state index contributed by atoms with van der Waals surface area (Å²) in [5.74, 6) is -1.63. The molecule has 28 heavy (non-hydrogen) atoms. The first-order chi connectivity index (χ1) is 13.3. The molecule has 1 saturated heterocycles. The molecule has 150 valence electrons. The molecule has 1 aromatic carbocycles. The largest absolute Gasteiger partial charge is 0.454 e. The highest BCUT2D eigenvalue weighted by Crippen LogP contribution is 2.39. The second-order valence-electron chi connectivity index (χ2n) is 7.04. The quantitative estimate of drug-likeness (QED) is 0.382. The minimum atomic E-state index is -0.836. The highest BCUT2D eigenvalue weighted by Gasteiger charge is 2.55. The van der Waals surface area contributed by atoms with E-state index < -0.39 is 36.6 Å². The number of nitrogens with zero attached hydrogens (tertiary/aromatic N) is 2. The van der Waals surface area contributed by atoms with E-state index in [1.54, 1.807) is 19.2 Å². The van der Waals surface area contributed by atoms with E-state index in [2.05, 4.69) is 27.9 Å². The summed E-state index contributed by atoms with van der Waals surface area (Å²) >= 11 is 2.15. The van der Waals surface area contributed by atoms with Crippen LogP contribution in [-0.4, -0.2) is 59.4 Å². The Labute approximate surface area is 176 Å². The van der Waals surface area contributed by atoms with Gasteiger partial charge >= 0.3 is 12.0 Å². The summed E-state index contributed by atoms with van der Waals surface area (Å²) in [7, 11) is 1.60. The van der Waals surface area contributed by atoms with E-state index in [4.69, 9.17) is 4.74 Å². The molecule has 1 heterocycles. The van der Waals surface area contributed by atoms with Gasteiger partial charge in [0, 0.05) is 16.3 Å². The molecular formula is C19H22IN3O5. The van der Waals surface area contributed by atoms with Crippen LogP contribution in [0, 0.1) is 3.57 Å². The maximum absolute atomic E-state index is 12.8. The molecule has 0 atom stereocenters. The number of benzene rings is 1. The third kappa shape index (κ3) is 4.13. The number of nitrogens with one attached hydrogen (secondary N) is 1. The first-order valence-corrected chi connectivity index (χ1v) is 10.2. The van der Waals surface area contributed by atoms with E-state index in [1.807, 2.05) is 12.1 Å². The monoisotopic (exact) mass is 499 g/mol. The lowest BCUT2D eigenvalue weighted by molar-refractivity contribution is -0.150. The van der Waals surface area contributed by atoms with Gasteiger partial charge in [0.1, 0.15) is 12.1 Å². The number of hydrogen-bond acceptors (Lipinski definition) is 5. The number of carbonyl (C=O) groups is 4. The number of halogens is 1. The lowest BCUT2D eigenvalue weighted by atomic mass is 9.81. The molecule has 0 aromatic heterocycles. The van der Waals surface area contributed by atoms with Crippen molar-refractivity contribution in [2.45, 2.75) is 37.6 Å². The van der Waals surface area contributed by atoms with Gasteiger partial charge in [-0.3, -0.25) is 19.3 Å². The summed E-state index contributed by atoms with van der Waals surface area (Å²) in [5, 5.41) is 2.61. The van der Waals surface area contributed by atoms with Crippen molar-refractivity contribution in [3.8, 4) is 0 Å². The first kappa shape index (κ1) is 20.6. The number of hydrogen-bond donors (Lipinski definition) is 1. The Morgan fingerprint density at radius 3 is 2.43 bits per heavy atom. The smallest absolute Gasteiger partial charge is 0.327 e. The fraction of sp³-hybridized carbons (Fsp3) is 0.474. The molecule has 9 heteroatoms. The zero-order valence-electron chi connectivity index (χ0n) is 15.6. The van der Waals surface area contributed by atoms with Gasteiger partial charge in [0.2, 0.25) is 0 Å². The fourth-order valence-corrected chi connectivity index (χ4v) is 4.08. The van der Waals surface area contributed by atoms with Crippen molar-refractivity contribution in [2.24, 2.45) is 0 Å². The molecule has 2 fully saturated rings. The van der Waals surface area contributed by atoms with Gasteiger partial charge in [-0.25, -0.2) is 4.79 Å². The van der Waals surface area contributed by atoms with E-state index >= 15 is 0 Å². The number of rotatable bonds is 5. The Kier molecular flexibility index (Phi) is 6.21. The lowest BCUT2D eigenvalue weighted by Gasteiger charge is -2.35. The predicted molar refractivity (Wildman–Crippen MR) is 109 cm³/mol. The van der Waals surface area contributed by atoms with Gasteiger partial charge in [0.25, 0.3) is 11.8 Å². The summed E-state index contributed by atoms with van der Waals surface area (Å²) in [6.45, 7) is -0.970. The number of ether oxygens (including phenoxy) is 1. The van der Waals surface area contributed by atoms with E-state index in [0.717, 1.165) is 27.7 Å². The van der Waals surface area contributed by atoms with Gasteiger partial charge < -0.3 is 15.0 Å². The minimum Gasteiger partial charge on any atom is -0.454 e. The summed E-state index contributed by atoms with van der Waals surface area (Å²) < 4.78 is 5.98. The molecule has 1 spiro atoms.